The number of rotatable bonds is 4. The number of benzene rings is 2. The Hall–Kier alpha value is -2.39. The predicted octanol–water partition coefficient (Wildman–Crippen LogP) is 3.49. The molecule has 29 heavy (non-hydrogen) atoms. The van der Waals surface area contributed by atoms with Crippen LogP contribution in [0.25, 0.3) is 0 Å². The lowest BCUT2D eigenvalue weighted by atomic mass is 10.1. The van der Waals surface area contributed by atoms with E-state index in [1.54, 1.807) is 12.1 Å². The molecule has 2 aliphatic heterocycles. The van der Waals surface area contributed by atoms with Crippen LogP contribution in [0, 0.1) is 24.0 Å². The number of amidine groups is 1. The Morgan fingerprint density at radius 1 is 1.17 bits per heavy atom. The Morgan fingerprint density at radius 2 is 1.90 bits per heavy atom. The SMILES string of the molecule is Cc1ccc(N2C(SCc3ccc([N+](=O)[O-])cc3)=N[C@@H]3CS(=O)(=O)C[C@@H]32)c(C)c1. The highest BCUT2D eigenvalue weighted by Gasteiger charge is 2.47. The van der Waals surface area contributed by atoms with Gasteiger partial charge in [-0.3, -0.25) is 15.1 Å². The summed E-state index contributed by atoms with van der Waals surface area (Å²) in [5.41, 5.74) is 4.23. The maximum Gasteiger partial charge on any atom is 0.269 e. The third kappa shape index (κ3) is 4.02. The Kier molecular flexibility index (Phi) is 5.12. The Labute approximate surface area is 173 Å². The van der Waals surface area contributed by atoms with Crippen LogP contribution in [-0.2, 0) is 15.6 Å². The zero-order chi connectivity index (χ0) is 20.8. The first-order valence-corrected chi connectivity index (χ1v) is 12.0. The van der Waals surface area contributed by atoms with E-state index in [-0.39, 0.29) is 29.3 Å². The first-order valence-electron chi connectivity index (χ1n) is 9.24. The number of non-ortho nitro benzene ring substituents is 1. The fraction of sp³-hybridized carbons (Fsp3) is 0.350. The molecule has 0 spiro atoms. The summed E-state index contributed by atoms with van der Waals surface area (Å²) in [5, 5.41) is 11.6. The second-order valence-electron chi connectivity index (χ2n) is 7.50. The van der Waals surface area contributed by atoms with Crippen molar-refractivity contribution < 1.29 is 13.3 Å². The lowest BCUT2D eigenvalue weighted by Gasteiger charge is -2.28. The van der Waals surface area contributed by atoms with Gasteiger partial charge >= 0.3 is 0 Å². The van der Waals surface area contributed by atoms with Crippen LogP contribution in [0.5, 0.6) is 0 Å². The van der Waals surface area contributed by atoms with Crippen LogP contribution in [0.3, 0.4) is 0 Å². The van der Waals surface area contributed by atoms with Gasteiger partial charge in [-0.15, -0.1) is 0 Å². The molecule has 0 N–H and O–H groups in total. The molecule has 1 fully saturated rings. The summed E-state index contributed by atoms with van der Waals surface area (Å²) in [7, 11) is -3.09. The zero-order valence-electron chi connectivity index (χ0n) is 16.1. The molecule has 0 bridgehead atoms. The summed E-state index contributed by atoms with van der Waals surface area (Å²) in [4.78, 5) is 17.2. The molecule has 0 saturated carbocycles. The van der Waals surface area contributed by atoms with Gasteiger partial charge in [0.2, 0.25) is 0 Å². The fourth-order valence-corrected chi connectivity index (χ4v) is 6.77. The number of hydrogen-bond acceptors (Lipinski definition) is 7. The molecule has 2 heterocycles. The molecule has 0 radical (unpaired) electrons. The summed E-state index contributed by atoms with van der Waals surface area (Å²) < 4.78 is 24.4. The number of nitro groups is 1. The standard InChI is InChI=1S/C20H21N3O4S2/c1-13-3-8-18(14(2)9-13)22-19-12-29(26,27)11-17(19)21-20(22)28-10-15-4-6-16(7-5-15)23(24)25/h3-9,17,19H,10-12H2,1-2H3/t17-,19+/m1/s1. The van der Waals surface area contributed by atoms with E-state index < -0.39 is 14.8 Å². The summed E-state index contributed by atoms with van der Waals surface area (Å²) >= 11 is 1.54. The Morgan fingerprint density at radius 3 is 2.55 bits per heavy atom. The maximum absolute atomic E-state index is 12.2. The molecule has 2 aliphatic rings. The molecule has 1 saturated heterocycles. The van der Waals surface area contributed by atoms with Crippen LogP contribution in [-0.4, -0.2) is 42.1 Å². The number of hydrogen-bond donors (Lipinski definition) is 0. The number of aliphatic imine (C=N–C) groups is 1. The van der Waals surface area contributed by atoms with E-state index >= 15 is 0 Å². The van der Waals surface area contributed by atoms with Gasteiger partial charge in [0.1, 0.15) is 0 Å². The minimum atomic E-state index is -3.09. The van der Waals surface area contributed by atoms with Gasteiger partial charge in [-0.2, -0.15) is 0 Å². The minimum absolute atomic E-state index is 0.0635. The lowest BCUT2D eigenvalue weighted by Crippen LogP contribution is -2.39. The molecule has 7 nitrogen and oxygen atoms in total. The molecule has 2 aromatic rings. The Bertz CT molecular complexity index is 1100. The van der Waals surface area contributed by atoms with Gasteiger partial charge in [-0.05, 0) is 31.0 Å². The number of nitro benzene ring substituents is 1. The van der Waals surface area contributed by atoms with Crippen molar-refractivity contribution in [2.45, 2.75) is 31.7 Å². The first kappa shape index (κ1) is 19.9. The van der Waals surface area contributed by atoms with E-state index in [2.05, 4.69) is 11.0 Å². The summed E-state index contributed by atoms with van der Waals surface area (Å²) in [5.74, 6) is 0.793. The van der Waals surface area contributed by atoms with Crippen molar-refractivity contribution in [3.63, 3.8) is 0 Å². The smallest absolute Gasteiger partial charge is 0.269 e. The molecule has 2 atom stereocenters. The van der Waals surface area contributed by atoms with Gasteiger partial charge < -0.3 is 4.90 Å². The van der Waals surface area contributed by atoms with E-state index in [0.29, 0.717) is 5.75 Å². The van der Waals surface area contributed by atoms with Crippen molar-refractivity contribution in [2.75, 3.05) is 16.4 Å². The quantitative estimate of drug-likeness (QED) is 0.543. The highest BCUT2D eigenvalue weighted by atomic mass is 32.2. The van der Waals surface area contributed by atoms with E-state index in [0.717, 1.165) is 27.5 Å². The van der Waals surface area contributed by atoms with Crippen LogP contribution in [0.4, 0.5) is 11.4 Å². The molecule has 9 heteroatoms. The average molecular weight is 432 g/mol. The third-order valence-corrected chi connectivity index (χ3v) is 7.97. The van der Waals surface area contributed by atoms with Crippen LogP contribution >= 0.6 is 11.8 Å². The first-order chi connectivity index (χ1) is 13.7. The monoisotopic (exact) mass is 431 g/mol. The van der Waals surface area contributed by atoms with Crippen LogP contribution in [0.2, 0.25) is 0 Å². The zero-order valence-corrected chi connectivity index (χ0v) is 17.7. The largest absolute Gasteiger partial charge is 0.315 e. The van der Waals surface area contributed by atoms with Crippen LogP contribution in [0.1, 0.15) is 16.7 Å². The van der Waals surface area contributed by atoms with Crippen LogP contribution < -0.4 is 4.90 Å². The van der Waals surface area contributed by atoms with Crippen LogP contribution in [0.15, 0.2) is 47.5 Å². The van der Waals surface area contributed by atoms with Gasteiger partial charge in [0, 0.05) is 23.6 Å². The topological polar surface area (TPSA) is 92.9 Å². The molecule has 0 aromatic heterocycles. The molecule has 0 aliphatic carbocycles. The molecule has 2 aromatic carbocycles. The number of nitrogens with zero attached hydrogens (tertiary/aromatic N) is 3. The van der Waals surface area contributed by atoms with Crippen molar-refractivity contribution in [2.24, 2.45) is 4.99 Å². The van der Waals surface area contributed by atoms with Crippen molar-refractivity contribution >= 4 is 38.1 Å². The van der Waals surface area contributed by atoms with Gasteiger partial charge in [-0.25, -0.2) is 8.42 Å². The predicted molar refractivity (Wildman–Crippen MR) is 116 cm³/mol. The second kappa shape index (κ2) is 7.46. The fourth-order valence-electron chi connectivity index (χ4n) is 3.85. The average Bonchev–Trinajstić information content (AvgIpc) is 3.12. The van der Waals surface area contributed by atoms with Crippen molar-refractivity contribution in [1.82, 2.24) is 0 Å². The Balaban J connectivity index is 1.60. The maximum atomic E-state index is 12.2. The van der Waals surface area contributed by atoms with Gasteiger partial charge in [0.25, 0.3) is 5.69 Å². The molecule has 0 amide bonds. The lowest BCUT2D eigenvalue weighted by molar-refractivity contribution is -0.384. The molecule has 152 valence electrons. The minimum Gasteiger partial charge on any atom is -0.315 e. The van der Waals surface area contributed by atoms with E-state index in [1.165, 1.54) is 23.9 Å². The number of sulfone groups is 1. The molecule has 0 unspecified atom stereocenters. The highest BCUT2D eigenvalue weighted by molar-refractivity contribution is 8.13. The van der Waals surface area contributed by atoms with E-state index in [1.807, 2.05) is 26.0 Å². The van der Waals surface area contributed by atoms with Gasteiger partial charge in [0.05, 0.1) is 28.5 Å². The second-order valence-corrected chi connectivity index (χ2v) is 10.6. The van der Waals surface area contributed by atoms with Crippen molar-refractivity contribution in [3.8, 4) is 0 Å². The summed E-state index contributed by atoms with van der Waals surface area (Å²) in [6.07, 6.45) is 0. The molecule has 4 rings (SSSR count). The van der Waals surface area contributed by atoms with Crippen molar-refractivity contribution in [1.29, 1.82) is 0 Å². The molecular formula is C20H21N3O4S2. The number of anilines is 1. The number of thioether (sulfide) groups is 1. The van der Waals surface area contributed by atoms with Crippen molar-refractivity contribution in [3.05, 3.63) is 69.3 Å². The normalized spacial score (nSPS) is 22.4. The number of aryl methyl sites for hydroxylation is 2. The van der Waals surface area contributed by atoms with Gasteiger partial charge in [-0.1, -0.05) is 41.6 Å². The molecular weight excluding hydrogens is 410 g/mol. The van der Waals surface area contributed by atoms with Gasteiger partial charge in [0.15, 0.2) is 15.0 Å². The third-order valence-electron chi connectivity index (χ3n) is 5.23. The summed E-state index contributed by atoms with van der Waals surface area (Å²) in [6, 6.07) is 12.2. The number of fused-ring (bicyclic) bond motifs is 1. The van der Waals surface area contributed by atoms with E-state index in [4.69, 9.17) is 4.99 Å². The summed E-state index contributed by atoms with van der Waals surface area (Å²) in [6.45, 7) is 4.06. The van der Waals surface area contributed by atoms with E-state index in [9.17, 15) is 18.5 Å². The highest BCUT2D eigenvalue weighted by Crippen LogP contribution is 2.37.